The van der Waals surface area contributed by atoms with Gasteiger partial charge in [-0.3, -0.25) is 0 Å². The SMILES string of the molecule is CCOc1ccccc1NCc1ccc(OC)c(F)c1. The Labute approximate surface area is 118 Å². The van der Waals surface area contributed by atoms with E-state index < -0.39 is 0 Å². The first-order valence-corrected chi connectivity index (χ1v) is 6.52. The topological polar surface area (TPSA) is 30.5 Å². The molecule has 0 amide bonds. The van der Waals surface area contributed by atoms with Crippen molar-refractivity contribution < 1.29 is 13.9 Å². The summed E-state index contributed by atoms with van der Waals surface area (Å²) < 4.78 is 24.0. The van der Waals surface area contributed by atoms with Crippen LogP contribution in [0.4, 0.5) is 10.1 Å². The van der Waals surface area contributed by atoms with Gasteiger partial charge in [-0.05, 0) is 36.8 Å². The molecule has 0 radical (unpaired) electrons. The molecule has 0 unspecified atom stereocenters. The van der Waals surface area contributed by atoms with Gasteiger partial charge in [-0.15, -0.1) is 0 Å². The van der Waals surface area contributed by atoms with Crippen molar-refractivity contribution in [2.24, 2.45) is 0 Å². The highest BCUT2D eigenvalue weighted by atomic mass is 19.1. The predicted molar refractivity (Wildman–Crippen MR) is 77.9 cm³/mol. The Morgan fingerprint density at radius 1 is 1.10 bits per heavy atom. The summed E-state index contributed by atoms with van der Waals surface area (Å²) in [6, 6.07) is 12.6. The Hall–Kier alpha value is -2.23. The minimum Gasteiger partial charge on any atom is -0.494 e. The van der Waals surface area contributed by atoms with Crippen LogP contribution in [0, 0.1) is 5.82 Å². The van der Waals surface area contributed by atoms with Crippen molar-refractivity contribution in [1.82, 2.24) is 0 Å². The Balaban J connectivity index is 2.07. The van der Waals surface area contributed by atoms with E-state index in [0.717, 1.165) is 17.0 Å². The third kappa shape index (κ3) is 3.41. The lowest BCUT2D eigenvalue weighted by Gasteiger charge is -2.12. The highest BCUT2D eigenvalue weighted by Gasteiger charge is 2.05. The molecule has 0 aliphatic rings. The molecule has 20 heavy (non-hydrogen) atoms. The molecule has 2 aromatic carbocycles. The molecule has 0 aromatic heterocycles. The van der Waals surface area contributed by atoms with Gasteiger partial charge in [-0.1, -0.05) is 18.2 Å². The van der Waals surface area contributed by atoms with Crippen LogP contribution in [0.15, 0.2) is 42.5 Å². The molecule has 4 heteroatoms. The van der Waals surface area contributed by atoms with Crippen molar-refractivity contribution in [1.29, 1.82) is 0 Å². The van der Waals surface area contributed by atoms with E-state index in [-0.39, 0.29) is 11.6 Å². The maximum Gasteiger partial charge on any atom is 0.165 e. The number of rotatable bonds is 6. The van der Waals surface area contributed by atoms with E-state index in [1.54, 1.807) is 6.07 Å². The number of hydrogen-bond acceptors (Lipinski definition) is 3. The molecule has 1 N–H and O–H groups in total. The summed E-state index contributed by atoms with van der Waals surface area (Å²) >= 11 is 0. The zero-order valence-electron chi connectivity index (χ0n) is 11.7. The Morgan fingerprint density at radius 2 is 1.90 bits per heavy atom. The molecule has 2 rings (SSSR count). The first-order chi connectivity index (χ1) is 9.74. The maximum absolute atomic E-state index is 13.6. The van der Waals surface area contributed by atoms with Gasteiger partial charge in [0.15, 0.2) is 11.6 Å². The van der Waals surface area contributed by atoms with Crippen LogP contribution >= 0.6 is 0 Å². The fraction of sp³-hybridized carbons (Fsp3) is 0.250. The van der Waals surface area contributed by atoms with E-state index in [9.17, 15) is 4.39 Å². The number of anilines is 1. The van der Waals surface area contributed by atoms with Crippen LogP contribution in [0.1, 0.15) is 12.5 Å². The second-order valence-corrected chi connectivity index (χ2v) is 4.25. The lowest BCUT2D eigenvalue weighted by Crippen LogP contribution is -2.03. The van der Waals surface area contributed by atoms with Gasteiger partial charge >= 0.3 is 0 Å². The smallest absolute Gasteiger partial charge is 0.165 e. The Kier molecular flexibility index (Phi) is 4.82. The summed E-state index contributed by atoms with van der Waals surface area (Å²) in [5.74, 6) is 0.692. The van der Waals surface area contributed by atoms with Gasteiger partial charge in [0, 0.05) is 6.54 Å². The number of halogens is 1. The summed E-state index contributed by atoms with van der Waals surface area (Å²) in [5, 5.41) is 3.25. The molecule has 106 valence electrons. The Bertz CT molecular complexity index is 572. The third-order valence-corrected chi connectivity index (χ3v) is 2.89. The second-order valence-electron chi connectivity index (χ2n) is 4.25. The highest BCUT2D eigenvalue weighted by Crippen LogP contribution is 2.25. The normalized spacial score (nSPS) is 10.2. The molecule has 0 aliphatic carbocycles. The van der Waals surface area contributed by atoms with Gasteiger partial charge < -0.3 is 14.8 Å². The van der Waals surface area contributed by atoms with Crippen LogP contribution in [0.5, 0.6) is 11.5 Å². The minimum atomic E-state index is -0.357. The highest BCUT2D eigenvalue weighted by molar-refractivity contribution is 5.56. The molecule has 0 bridgehead atoms. The van der Waals surface area contributed by atoms with Crippen LogP contribution in [0.2, 0.25) is 0 Å². The summed E-state index contributed by atoms with van der Waals surface area (Å²) in [7, 11) is 1.45. The molecule has 2 aromatic rings. The average molecular weight is 275 g/mol. The van der Waals surface area contributed by atoms with E-state index >= 15 is 0 Å². The molecule has 0 aliphatic heterocycles. The van der Waals surface area contributed by atoms with E-state index in [1.807, 2.05) is 37.3 Å². The molecule has 0 saturated carbocycles. The Morgan fingerprint density at radius 3 is 2.60 bits per heavy atom. The van der Waals surface area contributed by atoms with Crippen LogP contribution in [0.25, 0.3) is 0 Å². The number of hydrogen-bond donors (Lipinski definition) is 1. The number of methoxy groups -OCH3 is 1. The van der Waals surface area contributed by atoms with Gasteiger partial charge in [0.2, 0.25) is 0 Å². The van der Waals surface area contributed by atoms with Crippen molar-refractivity contribution in [2.45, 2.75) is 13.5 Å². The molecule has 0 atom stereocenters. The number of benzene rings is 2. The molecule has 0 saturated heterocycles. The van der Waals surface area contributed by atoms with Crippen LogP contribution in [-0.2, 0) is 6.54 Å². The quantitative estimate of drug-likeness (QED) is 0.868. The van der Waals surface area contributed by atoms with Crippen molar-refractivity contribution in [3.63, 3.8) is 0 Å². The van der Waals surface area contributed by atoms with Gasteiger partial charge in [-0.25, -0.2) is 4.39 Å². The minimum absolute atomic E-state index is 0.253. The molecular formula is C16H18FNO2. The molecule has 3 nitrogen and oxygen atoms in total. The standard InChI is InChI=1S/C16H18FNO2/c1-3-20-16-7-5-4-6-14(16)18-11-12-8-9-15(19-2)13(17)10-12/h4-10,18H,3,11H2,1-2H3. The number of para-hydroxylation sites is 2. The van der Waals surface area contributed by atoms with Crippen LogP contribution in [-0.4, -0.2) is 13.7 Å². The number of nitrogens with one attached hydrogen (secondary N) is 1. The lowest BCUT2D eigenvalue weighted by molar-refractivity contribution is 0.341. The van der Waals surface area contributed by atoms with Crippen LogP contribution < -0.4 is 14.8 Å². The van der Waals surface area contributed by atoms with Crippen LogP contribution in [0.3, 0.4) is 0 Å². The van der Waals surface area contributed by atoms with E-state index in [4.69, 9.17) is 9.47 Å². The fourth-order valence-corrected chi connectivity index (χ4v) is 1.91. The van der Waals surface area contributed by atoms with Gasteiger partial charge in [0.1, 0.15) is 5.75 Å². The monoisotopic (exact) mass is 275 g/mol. The third-order valence-electron chi connectivity index (χ3n) is 2.89. The first-order valence-electron chi connectivity index (χ1n) is 6.52. The summed E-state index contributed by atoms with van der Waals surface area (Å²) in [6.07, 6.45) is 0. The number of ether oxygens (including phenoxy) is 2. The summed E-state index contributed by atoms with van der Waals surface area (Å²) in [5.41, 5.74) is 1.74. The van der Waals surface area contributed by atoms with Gasteiger partial charge in [0.05, 0.1) is 19.4 Å². The zero-order valence-corrected chi connectivity index (χ0v) is 11.7. The first kappa shape index (κ1) is 14.2. The van der Waals surface area contributed by atoms with Crippen molar-refractivity contribution in [2.75, 3.05) is 19.0 Å². The molecule has 0 heterocycles. The van der Waals surface area contributed by atoms with Gasteiger partial charge in [0.25, 0.3) is 0 Å². The van der Waals surface area contributed by atoms with E-state index in [2.05, 4.69) is 5.32 Å². The van der Waals surface area contributed by atoms with E-state index in [1.165, 1.54) is 13.2 Å². The second kappa shape index (κ2) is 6.80. The lowest BCUT2D eigenvalue weighted by atomic mass is 10.2. The predicted octanol–water partition coefficient (Wildman–Crippen LogP) is 3.85. The van der Waals surface area contributed by atoms with Gasteiger partial charge in [-0.2, -0.15) is 0 Å². The van der Waals surface area contributed by atoms with Crippen molar-refractivity contribution >= 4 is 5.69 Å². The zero-order chi connectivity index (χ0) is 14.4. The summed E-state index contributed by atoms with van der Waals surface area (Å²) in [4.78, 5) is 0. The average Bonchev–Trinajstić information content (AvgIpc) is 2.47. The molecule has 0 spiro atoms. The summed E-state index contributed by atoms with van der Waals surface area (Å²) in [6.45, 7) is 3.07. The van der Waals surface area contributed by atoms with Crippen molar-refractivity contribution in [3.05, 3.63) is 53.8 Å². The largest absolute Gasteiger partial charge is 0.494 e. The maximum atomic E-state index is 13.6. The van der Waals surface area contributed by atoms with Crippen molar-refractivity contribution in [3.8, 4) is 11.5 Å². The molecule has 0 fully saturated rings. The fourth-order valence-electron chi connectivity index (χ4n) is 1.91. The molecular weight excluding hydrogens is 257 g/mol. The van der Waals surface area contributed by atoms with E-state index in [0.29, 0.717) is 13.2 Å².